The van der Waals surface area contributed by atoms with Crippen LogP contribution in [0, 0.1) is 0 Å². The minimum Gasteiger partial charge on any atom is -0.379 e. The Bertz CT molecular complexity index is 1000. The lowest BCUT2D eigenvalue weighted by Crippen LogP contribution is -2.48. The largest absolute Gasteiger partial charge is 0.379 e. The standard InChI is InChI=1S/C25H33ClN6O2/c1-19(33)30-11-13-31(14-12-30)21-5-3-20(4-6-21)24-27-23(26)22-7-10-32(25(22)28-24)9-2-8-29-15-17-34-18-16-29/h3-6H,2,7-18H2,1H3. The molecule has 0 radical (unpaired) electrons. The minimum absolute atomic E-state index is 0.149. The number of morpholine rings is 1. The Morgan fingerprint density at radius 3 is 2.41 bits per heavy atom. The lowest BCUT2D eigenvalue weighted by molar-refractivity contribution is -0.129. The molecule has 0 spiro atoms. The quantitative estimate of drug-likeness (QED) is 0.584. The van der Waals surface area contributed by atoms with Gasteiger partial charge in [0.05, 0.1) is 13.2 Å². The lowest BCUT2D eigenvalue weighted by Gasteiger charge is -2.35. The Morgan fingerprint density at radius 1 is 0.971 bits per heavy atom. The number of hydrogen-bond donors (Lipinski definition) is 0. The van der Waals surface area contributed by atoms with E-state index in [1.54, 1.807) is 6.92 Å². The number of anilines is 2. The summed E-state index contributed by atoms with van der Waals surface area (Å²) < 4.78 is 5.45. The average Bonchev–Trinajstić information content (AvgIpc) is 3.28. The highest BCUT2D eigenvalue weighted by molar-refractivity contribution is 6.30. The minimum atomic E-state index is 0.149. The van der Waals surface area contributed by atoms with Gasteiger partial charge in [-0.15, -0.1) is 0 Å². The van der Waals surface area contributed by atoms with E-state index in [9.17, 15) is 4.79 Å². The summed E-state index contributed by atoms with van der Waals surface area (Å²) in [5.74, 6) is 1.81. The van der Waals surface area contributed by atoms with E-state index in [-0.39, 0.29) is 5.91 Å². The molecule has 9 heteroatoms. The van der Waals surface area contributed by atoms with Crippen LogP contribution in [0.4, 0.5) is 11.5 Å². The van der Waals surface area contributed by atoms with Crippen molar-refractivity contribution in [3.05, 3.63) is 35.0 Å². The van der Waals surface area contributed by atoms with E-state index in [4.69, 9.17) is 21.3 Å². The lowest BCUT2D eigenvalue weighted by atomic mass is 10.1. The maximum Gasteiger partial charge on any atom is 0.219 e. The van der Waals surface area contributed by atoms with Crippen molar-refractivity contribution in [2.75, 3.05) is 81.9 Å². The molecule has 0 bridgehead atoms. The van der Waals surface area contributed by atoms with Crippen LogP contribution < -0.4 is 9.80 Å². The van der Waals surface area contributed by atoms with Gasteiger partial charge in [0.25, 0.3) is 0 Å². The second-order valence-corrected chi connectivity index (χ2v) is 9.58. The van der Waals surface area contributed by atoms with Crippen molar-refractivity contribution in [3.8, 4) is 11.4 Å². The van der Waals surface area contributed by atoms with Crippen LogP contribution in [0.3, 0.4) is 0 Å². The van der Waals surface area contributed by atoms with Crippen molar-refractivity contribution >= 4 is 29.0 Å². The van der Waals surface area contributed by atoms with Gasteiger partial charge in [-0.3, -0.25) is 9.69 Å². The predicted molar refractivity (Wildman–Crippen MR) is 135 cm³/mol. The van der Waals surface area contributed by atoms with Gasteiger partial charge >= 0.3 is 0 Å². The summed E-state index contributed by atoms with van der Waals surface area (Å²) in [5.41, 5.74) is 3.19. The topological polar surface area (TPSA) is 65.0 Å². The molecule has 1 amide bonds. The molecule has 0 saturated carbocycles. The first-order valence-corrected chi connectivity index (χ1v) is 12.7. The number of rotatable bonds is 6. The number of carbonyl (C=O) groups is 1. The molecular formula is C25H33ClN6O2. The molecule has 4 heterocycles. The van der Waals surface area contributed by atoms with Gasteiger partial charge < -0.3 is 19.4 Å². The molecule has 0 unspecified atom stereocenters. The van der Waals surface area contributed by atoms with Crippen molar-refractivity contribution in [2.24, 2.45) is 0 Å². The number of nitrogens with zero attached hydrogens (tertiary/aromatic N) is 6. The van der Waals surface area contributed by atoms with Crippen LogP contribution in [0.5, 0.6) is 0 Å². The van der Waals surface area contributed by atoms with E-state index < -0.39 is 0 Å². The molecule has 0 atom stereocenters. The van der Waals surface area contributed by atoms with E-state index in [2.05, 4.69) is 43.9 Å². The normalized spacial score (nSPS) is 18.9. The van der Waals surface area contributed by atoms with E-state index >= 15 is 0 Å². The zero-order valence-electron chi connectivity index (χ0n) is 19.9. The summed E-state index contributed by atoms with van der Waals surface area (Å²) in [4.78, 5) is 30.2. The monoisotopic (exact) mass is 484 g/mol. The highest BCUT2D eigenvalue weighted by Crippen LogP contribution is 2.33. The highest BCUT2D eigenvalue weighted by Gasteiger charge is 2.26. The average molecular weight is 485 g/mol. The Morgan fingerprint density at radius 2 is 1.71 bits per heavy atom. The molecule has 1 aromatic carbocycles. The molecule has 34 heavy (non-hydrogen) atoms. The summed E-state index contributed by atoms with van der Waals surface area (Å²) in [7, 11) is 0. The number of piperazine rings is 1. The van der Waals surface area contributed by atoms with E-state index in [0.29, 0.717) is 11.0 Å². The van der Waals surface area contributed by atoms with Crippen molar-refractivity contribution in [1.29, 1.82) is 0 Å². The van der Waals surface area contributed by atoms with Gasteiger partial charge in [-0.2, -0.15) is 0 Å². The zero-order chi connectivity index (χ0) is 23.5. The molecule has 1 aromatic heterocycles. The van der Waals surface area contributed by atoms with E-state index in [1.165, 1.54) is 0 Å². The fourth-order valence-corrected chi connectivity index (χ4v) is 5.29. The molecule has 2 saturated heterocycles. The van der Waals surface area contributed by atoms with Gasteiger partial charge in [0, 0.05) is 82.6 Å². The third-order valence-corrected chi connectivity index (χ3v) is 7.40. The van der Waals surface area contributed by atoms with Gasteiger partial charge in [0.1, 0.15) is 11.0 Å². The van der Waals surface area contributed by atoms with Crippen molar-refractivity contribution < 1.29 is 9.53 Å². The first kappa shape index (κ1) is 23.3. The number of fused-ring (bicyclic) bond motifs is 1. The second kappa shape index (κ2) is 10.5. The van der Waals surface area contributed by atoms with Crippen LogP contribution in [0.15, 0.2) is 24.3 Å². The van der Waals surface area contributed by atoms with Crippen molar-refractivity contribution in [3.63, 3.8) is 0 Å². The van der Waals surface area contributed by atoms with Gasteiger partial charge in [-0.05, 0) is 37.1 Å². The fraction of sp³-hybridized carbons (Fsp3) is 0.560. The van der Waals surface area contributed by atoms with Crippen LogP contribution in [-0.4, -0.2) is 97.8 Å². The molecule has 3 aliphatic heterocycles. The smallest absolute Gasteiger partial charge is 0.219 e. The second-order valence-electron chi connectivity index (χ2n) is 9.22. The predicted octanol–water partition coefficient (Wildman–Crippen LogP) is 2.55. The van der Waals surface area contributed by atoms with Crippen LogP contribution in [-0.2, 0) is 16.0 Å². The molecule has 8 nitrogen and oxygen atoms in total. The maximum absolute atomic E-state index is 11.6. The van der Waals surface area contributed by atoms with Crippen LogP contribution in [0.25, 0.3) is 11.4 Å². The number of carbonyl (C=O) groups excluding carboxylic acids is 1. The summed E-state index contributed by atoms with van der Waals surface area (Å²) in [6.45, 7) is 11.6. The van der Waals surface area contributed by atoms with E-state index in [0.717, 1.165) is 108 Å². The molecule has 2 fully saturated rings. The summed E-state index contributed by atoms with van der Waals surface area (Å²) in [6, 6.07) is 8.37. The van der Waals surface area contributed by atoms with Crippen LogP contribution >= 0.6 is 11.6 Å². The molecule has 0 N–H and O–H groups in total. The van der Waals surface area contributed by atoms with Gasteiger partial charge in [-0.1, -0.05) is 11.6 Å². The number of ether oxygens (including phenoxy) is 1. The van der Waals surface area contributed by atoms with Gasteiger partial charge in [-0.25, -0.2) is 9.97 Å². The SMILES string of the molecule is CC(=O)N1CCN(c2ccc(-c3nc(Cl)c4c(n3)N(CCCN3CCOCC3)CC4)cc2)CC1. The molecule has 3 aliphatic rings. The Labute approximate surface area is 206 Å². The molecule has 0 aliphatic carbocycles. The molecular weight excluding hydrogens is 452 g/mol. The highest BCUT2D eigenvalue weighted by atomic mass is 35.5. The maximum atomic E-state index is 11.6. The van der Waals surface area contributed by atoms with Crippen molar-refractivity contribution in [1.82, 2.24) is 19.8 Å². The number of amides is 1. The van der Waals surface area contributed by atoms with E-state index in [1.807, 2.05) is 4.90 Å². The Hall–Kier alpha value is -2.42. The first-order chi connectivity index (χ1) is 16.6. The Balaban J connectivity index is 1.24. The molecule has 2 aromatic rings. The Kier molecular flexibility index (Phi) is 7.18. The van der Waals surface area contributed by atoms with Crippen LogP contribution in [0.1, 0.15) is 18.9 Å². The number of aromatic nitrogens is 2. The first-order valence-electron chi connectivity index (χ1n) is 12.3. The summed E-state index contributed by atoms with van der Waals surface area (Å²) in [5, 5.41) is 0.570. The number of benzene rings is 1. The third kappa shape index (κ3) is 5.14. The third-order valence-electron chi connectivity index (χ3n) is 7.09. The molecule has 182 valence electrons. The van der Waals surface area contributed by atoms with Crippen LogP contribution in [0.2, 0.25) is 5.15 Å². The summed E-state index contributed by atoms with van der Waals surface area (Å²) >= 11 is 6.60. The van der Waals surface area contributed by atoms with Crippen molar-refractivity contribution in [2.45, 2.75) is 19.8 Å². The van der Waals surface area contributed by atoms with Gasteiger partial charge in [0.2, 0.25) is 5.91 Å². The fourth-order valence-electron chi connectivity index (χ4n) is 5.03. The van der Waals surface area contributed by atoms with Gasteiger partial charge in [0.15, 0.2) is 5.82 Å². The molecule has 5 rings (SSSR count). The number of hydrogen-bond acceptors (Lipinski definition) is 7. The zero-order valence-corrected chi connectivity index (χ0v) is 20.6. The summed E-state index contributed by atoms with van der Waals surface area (Å²) in [6.07, 6.45) is 2.00. The number of halogens is 1.